The molecule has 0 radical (unpaired) electrons. The van der Waals surface area contributed by atoms with Gasteiger partial charge in [0.1, 0.15) is 4.90 Å². The van der Waals surface area contributed by atoms with Gasteiger partial charge in [-0.1, -0.05) is 31.0 Å². The number of rotatable bonds is 5. The summed E-state index contributed by atoms with van der Waals surface area (Å²) in [6.45, 7) is 2.03. The number of aryl methyl sites for hydroxylation is 1. The van der Waals surface area contributed by atoms with Crippen LogP contribution in [-0.4, -0.2) is 35.9 Å². The highest BCUT2D eigenvalue weighted by molar-refractivity contribution is 7.89. The Kier molecular flexibility index (Phi) is 4.42. The first-order chi connectivity index (χ1) is 10.9. The molecule has 126 valence electrons. The summed E-state index contributed by atoms with van der Waals surface area (Å²) in [5, 5.41) is 9.51. The van der Waals surface area contributed by atoms with E-state index in [0.717, 1.165) is 24.8 Å². The van der Waals surface area contributed by atoms with E-state index < -0.39 is 28.0 Å². The van der Waals surface area contributed by atoms with Crippen LogP contribution in [0.3, 0.4) is 0 Å². The first-order valence-corrected chi connectivity index (χ1v) is 9.72. The molecule has 2 bridgehead atoms. The Labute approximate surface area is 141 Å². The summed E-state index contributed by atoms with van der Waals surface area (Å²) in [4.78, 5) is 11.5. The minimum absolute atomic E-state index is 0.105. The second kappa shape index (κ2) is 6.07. The van der Waals surface area contributed by atoms with Gasteiger partial charge in [0.2, 0.25) is 10.0 Å². The lowest BCUT2D eigenvalue weighted by molar-refractivity contribution is -0.142. The number of halogens is 1. The predicted octanol–water partition coefficient (Wildman–Crippen LogP) is 2.92. The maximum Gasteiger partial charge on any atom is 0.308 e. The third-order valence-corrected chi connectivity index (χ3v) is 7.34. The minimum atomic E-state index is -3.77. The molecule has 2 saturated heterocycles. The Hall–Kier alpha value is -1.11. The van der Waals surface area contributed by atoms with E-state index in [1.807, 2.05) is 13.0 Å². The van der Waals surface area contributed by atoms with Crippen LogP contribution in [0.4, 0.5) is 0 Å². The van der Waals surface area contributed by atoms with Crippen LogP contribution < -0.4 is 0 Å². The fourth-order valence-electron chi connectivity index (χ4n) is 3.88. The summed E-state index contributed by atoms with van der Waals surface area (Å²) in [5.74, 6) is -1.52. The third-order valence-electron chi connectivity index (χ3n) is 4.88. The Morgan fingerprint density at radius 1 is 1.39 bits per heavy atom. The summed E-state index contributed by atoms with van der Waals surface area (Å²) in [6, 6.07) is 4.41. The second-order valence-electron chi connectivity index (χ2n) is 6.33. The number of hydrogen-bond donors (Lipinski definition) is 1. The number of carboxylic acids is 1. The zero-order valence-corrected chi connectivity index (χ0v) is 14.5. The average molecular weight is 358 g/mol. The fourth-order valence-corrected chi connectivity index (χ4v) is 6.33. The minimum Gasteiger partial charge on any atom is -0.481 e. The average Bonchev–Trinajstić information content (AvgIpc) is 3.08. The molecule has 3 atom stereocenters. The topological polar surface area (TPSA) is 74.7 Å². The predicted molar refractivity (Wildman–Crippen MR) is 87.0 cm³/mol. The van der Waals surface area contributed by atoms with Crippen LogP contribution in [0, 0.1) is 5.92 Å². The van der Waals surface area contributed by atoms with Crippen LogP contribution in [0.15, 0.2) is 23.1 Å². The van der Waals surface area contributed by atoms with E-state index >= 15 is 0 Å². The van der Waals surface area contributed by atoms with Gasteiger partial charge in [0.15, 0.2) is 0 Å². The maximum absolute atomic E-state index is 13.1. The molecule has 0 amide bonds. The van der Waals surface area contributed by atoms with Crippen molar-refractivity contribution < 1.29 is 18.3 Å². The lowest BCUT2D eigenvalue weighted by Crippen LogP contribution is -2.38. The van der Waals surface area contributed by atoms with Gasteiger partial charge in [0.25, 0.3) is 0 Å². The highest BCUT2D eigenvalue weighted by Crippen LogP contribution is 2.45. The highest BCUT2D eigenvalue weighted by atomic mass is 35.5. The lowest BCUT2D eigenvalue weighted by atomic mass is 9.89. The van der Waals surface area contributed by atoms with Crippen molar-refractivity contribution in [2.45, 2.75) is 56.0 Å². The molecule has 2 aliphatic rings. The standard InChI is InChI=1S/C16H20ClNO4S/c1-2-3-10-4-6-13(17)15(8-10)23(21,22)18-11-5-7-14(18)12(9-11)16(19)20/h4,6,8,11-12,14H,2-3,5,7,9H2,1H3,(H,19,20). The highest BCUT2D eigenvalue weighted by Gasteiger charge is 2.54. The third kappa shape index (κ3) is 2.77. The Morgan fingerprint density at radius 2 is 2.13 bits per heavy atom. The number of hydrogen-bond acceptors (Lipinski definition) is 3. The number of fused-ring (bicyclic) bond motifs is 2. The summed E-state index contributed by atoms with van der Waals surface area (Å²) in [6.07, 6.45) is 3.42. The summed E-state index contributed by atoms with van der Waals surface area (Å²) in [5.41, 5.74) is 0.928. The largest absolute Gasteiger partial charge is 0.481 e. The van der Waals surface area contributed by atoms with Gasteiger partial charge in [0, 0.05) is 12.1 Å². The second-order valence-corrected chi connectivity index (χ2v) is 8.55. The van der Waals surface area contributed by atoms with Crippen molar-refractivity contribution >= 4 is 27.6 Å². The summed E-state index contributed by atoms with van der Waals surface area (Å²) in [7, 11) is -3.77. The van der Waals surface area contributed by atoms with Crippen molar-refractivity contribution in [3.63, 3.8) is 0 Å². The Balaban J connectivity index is 2.00. The monoisotopic (exact) mass is 357 g/mol. The van der Waals surface area contributed by atoms with Gasteiger partial charge >= 0.3 is 5.97 Å². The van der Waals surface area contributed by atoms with Gasteiger partial charge in [-0.25, -0.2) is 8.42 Å². The fraction of sp³-hybridized carbons (Fsp3) is 0.562. The molecular formula is C16H20ClNO4S. The van der Waals surface area contributed by atoms with E-state index in [1.54, 1.807) is 12.1 Å². The maximum atomic E-state index is 13.1. The van der Waals surface area contributed by atoms with Crippen LogP contribution in [0.5, 0.6) is 0 Å². The molecule has 0 saturated carbocycles. The van der Waals surface area contributed by atoms with Crippen molar-refractivity contribution in [3.8, 4) is 0 Å². The zero-order valence-electron chi connectivity index (χ0n) is 12.9. The molecule has 2 fully saturated rings. The van der Waals surface area contributed by atoms with Gasteiger partial charge in [-0.05, 0) is 43.4 Å². The molecule has 3 rings (SSSR count). The molecule has 0 aliphatic carbocycles. The van der Waals surface area contributed by atoms with Gasteiger partial charge in [-0.2, -0.15) is 4.31 Å². The van der Waals surface area contributed by atoms with Crippen LogP contribution >= 0.6 is 11.6 Å². The molecule has 5 nitrogen and oxygen atoms in total. The molecule has 2 aliphatic heterocycles. The number of aliphatic carboxylic acids is 1. The normalized spacial score (nSPS) is 27.5. The summed E-state index contributed by atoms with van der Waals surface area (Å²) < 4.78 is 27.6. The summed E-state index contributed by atoms with van der Waals surface area (Å²) >= 11 is 6.15. The number of benzene rings is 1. The number of sulfonamides is 1. The van der Waals surface area contributed by atoms with Gasteiger partial charge in [-0.3, -0.25) is 4.79 Å². The van der Waals surface area contributed by atoms with E-state index in [-0.39, 0.29) is 16.0 Å². The van der Waals surface area contributed by atoms with Crippen molar-refractivity contribution in [2.24, 2.45) is 5.92 Å². The zero-order chi connectivity index (χ0) is 16.8. The molecule has 2 heterocycles. The number of carbonyl (C=O) groups is 1. The van der Waals surface area contributed by atoms with E-state index in [2.05, 4.69) is 0 Å². The van der Waals surface area contributed by atoms with Crippen molar-refractivity contribution in [1.29, 1.82) is 0 Å². The Bertz CT molecular complexity index is 734. The van der Waals surface area contributed by atoms with Crippen molar-refractivity contribution in [1.82, 2.24) is 4.31 Å². The van der Waals surface area contributed by atoms with Crippen LogP contribution in [0.25, 0.3) is 0 Å². The van der Waals surface area contributed by atoms with E-state index in [4.69, 9.17) is 11.6 Å². The quantitative estimate of drug-likeness (QED) is 0.879. The molecule has 1 aromatic rings. The van der Waals surface area contributed by atoms with Gasteiger partial charge < -0.3 is 5.11 Å². The van der Waals surface area contributed by atoms with Gasteiger partial charge in [0.05, 0.1) is 10.9 Å². The van der Waals surface area contributed by atoms with Gasteiger partial charge in [-0.15, -0.1) is 0 Å². The van der Waals surface area contributed by atoms with Crippen LogP contribution in [-0.2, 0) is 21.2 Å². The van der Waals surface area contributed by atoms with E-state index in [0.29, 0.717) is 12.8 Å². The lowest BCUT2D eigenvalue weighted by Gasteiger charge is -2.23. The van der Waals surface area contributed by atoms with Crippen LogP contribution in [0.2, 0.25) is 5.02 Å². The van der Waals surface area contributed by atoms with E-state index in [9.17, 15) is 18.3 Å². The molecule has 0 aromatic heterocycles. The first kappa shape index (κ1) is 16.7. The van der Waals surface area contributed by atoms with Crippen LogP contribution in [0.1, 0.15) is 38.2 Å². The van der Waals surface area contributed by atoms with E-state index in [1.165, 1.54) is 4.31 Å². The molecule has 1 aromatic carbocycles. The SMILES string of the molecule is CCCc1ccc(Cl)c(S(=O)(=O)N2C3CCC2C(C(=O)O)C3)c1. The van der Waals surface area contributed by atoms with Crippen molar-refractivity contribution in [2.75, 3.05) is 0 Å². The molecular weight excluding hydrogens is 338 g/mol. The number of carboxylic acid groups (broad SMARTS) is 1. The molecule has 23 heavy (non-hydrogen) atoms. The van der Waals surface area contributed by atoms with Crippen molar-refractivity contribution in [3.05, 3.63) is 28.8 Å². The number of nitrogens with zero attached hydrogens (tertiary/aromatic N) is 1. The Morgan fingerprint density at radius 3 is 2.74 bits per heavy atom. The molecule has 1 N–H and O–H groups in total. The molecule has 3 unspecified atom stereocenters. The molecule has 7 heteroatoms. The first-order valence-electron chi connectivity index (χ1n) is 7.91. The molecule has 0 spiro atoms. The smallest absolute Gasteiger partial charge is 0.308 e.